The summed E-state index contributed by atoms with van der Waals surface area (Å²) in [6, 6.07) is 17.5. The first-order valence-electron chi connectivity index (χ1n) is 8.87. The van der Waals surface area contributed by atoms with Crippen LogP contribution >= 0.6 is 0 Å². The summed E-state index contributed by atoms with van der Waals surface area (Å²) in [5, 5.41) is 17.8. The van der Waals surface area contributed by atoms with Crippen molar-refractivity contribution in [1.29, 1.82) is 10.5 Å². The molecule has 0 radical (unpaired) electrons. The van der Waals surface area contributed by atoms with Crippen LogP contribution in [-0.4, -0.2) is 30.9 Å². The van der Waals surface area contributed by atoms with Gasteiger partial charge in [0.15, 0.2) is 0 Å². The second-order valence-electron chi connectivity index (χ2n) is 6.65. The van der Waals surface area contributed by atoms with Crippen molar-refractivity contribution < 1.29 is 4.79 Å². The minimum atomic E-state index is -0.0323. The fraction of sp³-hybridized carbons (Fsp3) is 0.318. The molecule has 0 aliphatic carbocycles. The van der Waals surface area contributed by atoms with Crippen LogP contribution in [0.1, 0.15) is 28.7 Å². The van der Waals surface area contributed by atoms with Crippen molar-refractivity contribution in [3.63, 3.8) is 0 Å². The lowest BCUT2D eigenvalue weighted by Gasteiger charge is -2.27. The summed E-state index contributed by atoms with van der Waals surface area (Å²) < 4.78 is 0. The number of hydrogen-bond donors (Lipinski definition) is 0. The number of hydrogen-bond acceptors (Lipinski definition) is 4. The fourth-order valence-electron chi connectivity index (χ4n) is 2.94. The summed E-state index contributed by atoms with van der Waals surface area (Å²) in [5.74, 6) is -0.0323. The van der Waals surface area contributed by atoms with Gasteiger partial charge in [-0.2, -0.15) is 10.5 Å². The molecule has 27 heavy (non-hydrogen) atoms. The molecule has 1 amide bonds. The van der Waals surface area contributed by atoms with Crippen molar-refractivity contribution in [3.05, 3.63) is 64.7 Å². The Bertz CT molecular complexity index is 875. The van der Waals surface area contributed by atoms with Crippen molar-refractivity contribution in [2.75, 3.05) is 25.0 Å². The molecule has 2 rings (SSSR count). The zero-order chi connectivity index (χ0) is 19.8. The number of benzene rings is 2. The second-order valence-corrected chi connectivity index (χ2v) is 6.65. The van der Waals surface area contributed by atoms with E-state index in [0.717, 1.165) is 22.4 Å². The SMILES string of the molecule is Cc1cccc(N(CCC#N)C(=O)CN(C)Cc2ccc(C#N)cc2)c1C. The number of aryl methyl sites for hydroxylation is 1. The number of carbonyl (C=O) groups excluding carboxylic acids is 1. The number of likely N-dealkylation sites (N-methyl/N-ethyl adjacent to an activating group) is 1. The maximum Gasteiger partial charge on any atom is 0.241 e. The zero-order valence-electron chi connectivity index (χ0n) is 16.1. The number of amides is 1. The predicted molar refractivity (Wildman–Crippen MR) is 106 cm³/mol. The number of nitrogens with zero attached hydrogens (tertiary/aromatic N) is 4. The Kier molecular flexibility index (Phi) is 7.11. The van der Waals surface area contributed by atoms with Crippen LogP contribution < -0.4 is 4.90 Å². The Hall–Kier alpha value is -3.15. The molecule has 0 saturated carbocycles. The average Bonchev–Trinajstić information content (AvgIpc) is 2.65. The maximum absolute atomic E-state index is 12.9. The van der Waals surface area contributed by atoms with Crippen LogP contribution in [0.3, 0.4) is 0 Å². The molecule has 0 N–H and O–H groups in total. The van der Waals surface area contributed by atoms with E-state index in [-0.39, 0.29) is 12.5 Å². The molecule has 0 saturated heterocycles. The maximum atomic E-state index is 12.9. The van der Waals surface area contributed by atoms with E-state index in [0.29, 0.717) is 25.1 Å². The van der Waals surface area contributed by atoms with Gasteiger partial charge in [0.1, 0.15) is 0 Å². The number of nitriles is 2. The van der Waals surface area contributed by atoms with Crippen LogP contribution in [0, 0.1) is 36.5 Å². The van der Waals surface area contributed by atoms with Crippen molar-refractivity contribution in [2.24, 2.45) is 0 Å². The molecular formula is C22H24N4O. The van der Waals surface area contributed by atoms with Gasteiger partial charge < -0.3 is 4.90 Å². The average molecular weight is 360 g/mol. The number of carbonyl (C=O) groups is 1. The summed E-state index contributed by atoms with van der Waals surface area (Å²) in [6.07, 6.45) is 0.290. The molecule has 0 fully saturated rings. The third-order valence-corrected chi connectivity index (χ3v) is 4.56. The van der Waals surface area contributed by atoms with Crippen molar-refractivity contribution in [3.8, 4) is 12.1 Å². The standard InChI is InChI=1S/C22H24N4O/c1-17-6-4-7-21(18(17)2)26(13-5-12-23)22(27)16-25(3)15-20-10-8-19(14-24)9-11-20/h4,6-11H,5,13,15-16H2,1-3H3. The molecule has 0 aromatic heterocycles. The van der Waals surface area contributed by atoms with Crippen LogP contribution in [-0.2, 0) is 11.3 Å². The van der Waals surface area contributed by atoms with Crippen LogP contribution in [0.2, 0.25) is 0 Å². The van der Waals surface area contributed by atoms with E-state index in [9.17, 15) is 4.79 Å². The number of anilines is 1. The Morgan fingerprint density at radius 2 is 1.78 bits per heavy atom. The van der Waals surface area contributed by atoms with Crippen LogP contribution in [0.4, 0.5) is 5.69 Å². The van der Waals surface area contributed by atoms with E-state index in [1.165, 1.54) is 0 Å². The van der Waals surface area contributed by atoms with Crippen molar-refractivity contribution >= 4 is 11.6 Å². The Labute approximate surface area is 161 Å². The largest absolute Gasteiger partial charge is 0.310 e. The van der Waals surface area contributed by atoms with E-state index in [2.05, 4.69) is 12.1 Å². The summed E-state index contributed by atoms with van der Waals surface area (Å²) >= 11 is 0. The topological polar surface area (TPSA) is 71.1 Å². The first-order valence-corrected chi connectivity index (χ1v) is 8.87. The van der Waals surface area contributed by atoms with E-state index in [4.69, 9.17) is 10.5 Å². The highest BCUT2D eigenvalue weighted by Gasteiger charge is 2.19. The quantitative estimate of drug-likeness (QED) is 0.757. The van der Waals surface area contributed by atoms with Gasteiger partial charge in [0.2, 0.25) is 5.91 Å². The molecule has 5 heteroatoms. The molecular weight excluding hydrogens is 336 g/mol. The zero-order valence-corrected chi connectivity index (χ0v) is 16.1. The molecule has 138 valence electrons. The molecule has 5 nitrogen and oxygen atoms in total. The predicted octanol–water partition coefficient (Wildman–Crippen LogP) is 3.55. The Balaban J connectivity index is 2.11. The second kappa shape index (κ2) is 9.52. The minimum absolute atomic E-state index is 0.0323. The van der Waals surface area contributed by atoms with Crippen LogP contribution in [0.25, 0.3) is 0 Å². The summed E-state index contributed by atoms with van der Waals surface area (Å²) in [6.45, 7) is 5.25. The van der Waals surface area contributed by atoms with Gasteiger partial charge in [-0.05, 0) is 55.8 Å². The van der Waals surface area contributed by atoms with E-state index in [1.54, 1.807) is 17.0 Å². The molecule has 0 atom stereocenters. The van der Waals surface area contributed by atoms with Gasteiger partial charge in [-0.1, -0.05) is 24.3 Å². The van der Waals surface area contributed by atoms with Crippen LogP contribution in [0.15, 0.2) is 42.5 Å². The Morgan fingerprint density at radius 3 is 2.41 bits per heavy atom. The van der Waals surface area contributed by atoms with E-state index < -0.39 is 0 Å². The van der Waals surface area contributed by atoms with Gasteiger partial charge in [0, 0.05) is 18.8 Å². The van der Waals surface area contributed by atoms with Gasteiger partial charge in [0.05, 0.1) is 30.7 Å². The molecule has 2 aromatic rings. The van der Waals surface area contributed by atoms with E-state index in [1.807, 2.05) is 56.1 Å². The third kappa shape index (κ3) is 5.41. The summed E-state index contributed by atoms with van der Waals surface area (Å²) in [5.41, 5.74) is 4.70. The van der Waals surface area contributed by atoms with Crippen molar-refractivity contribution in [1.82, 2.24) is 4.90 Å². The van der Waals surface area contributed by atoms with Crippen molar-refractivity contribution in [2.45, 2.75) is 26.8 Å². The van der Waals surface area contributed by atoms with E-state index >= 15 is 0 Å². The van der Waals surface area contributed by atoms with Gasteiger partial charge in [-0.15, -0.1) is 0 Å². The molecule has 0 bridgehead atoms. The molecule has 0 aliphatic heterocycles. The first-order chi connectivity index (χ1) is 13.0. The minimum Gasteiger partial charge on any atom is -0.310 e. The van der Waals surface area contributed by atoms with Gasteiger partial charge in [-0.3, -0.25) is 9.69 Å². The normalized spacial score (nSPS) is 10.3. The molecule has 0 aliphatic rings. The summed E-state index contributed by atoms with van der Waals surface area (Å²) in [4.78, 5) is 16.6. The lowest BCUT2D eigenvalue weighted by molar-refractivity contribution is -0.119. The smallest absolute Gasteiger partial charge is 0.241 e. The first kappa shape index (κ1) is 20.2. The lowest BCUT2D eigenvalue weighted by Crippen LogP contribution is -2.39. The highest BCUT2D eigenvalue weighted by Crippen LogP contribution is 2.23. The van der Waals surface area contributed by atoms with Gasteiger partial charge in [-0.25, -0.2) is 0 Å². The molecule has 0 heterocycles. The monoisotopic (exact) mass is 360 g/mol. The van der Waals surface area contributed by atoms with Gasteiger partial charge in [0.25, 0.3) is 0 Å². The fourth-order valence-corrected chi connectivity index (χ4v) is 2.94. The highest BCUT2D eigenvalue weighted by atomic mass is 16.2. The molecule has 0 spiro atoms. The Morgan fingerprint density at radius 1 is 1.07 bits per heavy atom. The summed E-state index contributed by atoms with van der Waals surface area (Å²) in [7, 11) is 1.89. The van der Waals surface area contributed by atoms with Gasteiger partial charge >= 0.3 is 0 Å². The number of rotatable bonds is 7. The molecule has 0 unspecified atom stereocenters. The lowest BCUT2D eigenvalue weighted by atomic mass is 10.1. The molecule has 2 aromatic carbocycles. The highest BCUT2D eigenvalue weighted by molar-refractivity contribution is 5.95. The van der Waals surface area contributed by atoms with Crippen LogP contribution in [0.5, 0.6) is 0 Å². The third-order valence-electron chi connectivity index (χ3n) is 4.56.